The maximum atomic E-state index is 13.7. The van der Waals surface area contributed by atoms with Gasteiger partial charge >= 0.3 is 11.9 Å². The van der Waals surface area contributed by atoms with Gasteiger partial charge in [-0.3, -0.25) is 14.5 Å². The van der Waals surface area contributed by atoms with Crippen molar-refractivity contribution in [2.24, 2.45) is 0 Å². The first kappa shape index (κ1) is 34.3. The SMILES string of the molecule is O=C(Cc1ccccc1C(=O)OC(c1ccccc1)c1ccccc1)NC1C(=O)N2C(C(=O)OC(c3ccccc3)c3ccccc3)=C(O)CS[C@H]12. The molecule has 5 aromatic rings. The van der Waals surface area contributed by atoms with Gasteiger partial charge in [0.25, 0.3) is 5.91 Å². The molecule has 5 aromatic carbocycles. The fourth-order valence-corrected chi connectivity index (χ4v) is 7.57. The number of rotatable bonds is 11. The van der Waals surface area contributed by atoms with E-state index in [2.05, 4.69) is 5.32 Å². The van der Waals surface area contributed by atoms with Crippen molar-refractivity contribution in [1.29, 1.82) is 0 Å². The molecule has 0 radical (unpaired) electrons. The van der Waals surface area contributed by atoms with Crippen LogP contribution in [0.15, 0.2) is 157 Å². The van der Waals surface area contributed by atoms with Crippen LogP contribution < -0.4 is 5.32 Å². The Balaban J connectivity index is 1.03. The fraction of sp³-hybridized carbons (Fsp3) is 0.143. The molecule has 1 unspecified atom stereocenters. The normalized spacial score (nSPS) is 16.6. The zero-order valence-electron chi connectivity index (χ0n) is 27.8. The summed E-state index contributed by atoms with van der Waals surface area (Å²) in [5.74, 6) is -2.72. The van der Waals surface area contributed by atoms with E-state index in [-0.39, 0.29) is 29.2 Å². The number of hydrogen-bond donors (Lipinski definition) is 2. The van der Waals surface area contributed by atoms with Gasteiger partial charge in [-0.1, -0.05) is 140 Å². The molecule has 2 heterocycles. The number of nitrogens with zero attached hydrogens (tertiary/aromatic N) is 1. The van der Waals surface area contributed by atoms with Crippen molar-refractivity contribution in [3.8, 4) is 0 Å². The van der Waals surface area contributed by atoms with Crippen molar-refractivity contribution in [1.82, 2.24) is 10.2 Å². The predicted molar refractivity (Wildman–Crippen MR) is 196 cm³/mol. The van der Waals surface area contributed by atoms with E-state index >= 15 is 0 Å². The second-order valence-electron chi connectivity index (χ2n) is 12.3. The van der Waals surface area contributed by atoms with Crippen molar-refractivity contribution in [2.75, 3.05) is 5.75 Å². The topological polar surface area (TPSA) is 122 Å². The molecule has 2 atom stereocenters. The van der Waals surface area contributed by atoms with Gasteiger partial charge in [-0.05, 0) is 33.9 Å². The molecule has 9 nitrogen and oxygen atoms in total. The minimum absolute atomic E-state index is 0.0469. The lowest BCUT2D eigenvalue weighted by Crippen LogP contribution is -2.70. The molecule has 2 N–H and O–H groups in total. The third-order valence-corrected chi connectivity index (χ3v) is 10.2. The van der Waals surface area contributed by atoms with Gasteiger partial charge in [0, 0.05) is 0 Å². The summed E-state index contributed by atoms with van der Waals surface area (Å²) in [5.41, 5.74) is 3.47. The first-order valence-corrected chi connectivity index (χ1v) is 17.8. The summed E-state index contributed by atoms with van der Waals surface area (Å²) in [6, 6.07) is 43.0. The van der Waals surface area contributed by atoms with Crippen molar-refractivity contribution >= 4 is 35.5 Å². The number of hydrogen-bond acceptors (Lipinski definition) is 8. The van der Waals surface area contributed by atoms with Crippen molar-refractivity contribution in [2.45, 2.75) is 30.0 Å². The van der Waals surface area contributed by atoms with Crippen molar-refractivity contribution < 1.29 is 33.8 Å². The third-order valence-electron chi connectivity index (χ3n) is 8.91. The summed E-state index contributed by atoms with van der Waals surface area (Å²) >= 11 is 1.23. The zero-order chi connectivity index (χ0) is 36.0. The number of aliphatic hydroxyl groups excluding tert-OH is 1. The van der Waals surface area contributed by atoms with Crippen LogP contribution in [0.5, 0.6) is 0 Å². The molecule has 0 aromatic heterocycles. The molecular weight excluding hydrogens is 677 g/mol. The molecule has 2 aliphatic heterocycles. The highest BCUT2D eigenvalue weighted by molar-refractivity contribution is 8.00. The Kier molecular flexibility index (Phi) is 10.2. The van der Waals surface area contributed by atoms with E-state index in [4.69, 9.17) is 9.47 Å². The van der Waals surface area contributed by atoms with Crippen LogP contribution in [0, 0.1) is 0 Å². The summed E-state index contributed by atoms with van der Waals surface area (Å²) in [4.78, 5) is 55.4. The Labute approximate surface area is 304 Å². The fourth-order valence-electron chi connectivity index (χ4n) is 6.37. The Bertz CT molecular complexity index is 2030. The van der Waals surface area contributed by atoms with Gasteiger partial charge in [0.05, 0.1) is 17.7 Å². The smallest absolute Gasteiger partial charge is 0.359 e. The number of benzene rings is 5. The van der Waals surface area contributed by atoms with Gasteiger partial charge in [-0.25, -0.2) is 9.59 Å². The molecule has 260 valence electrons. The summed E-state index contributed by atoms with van der Waals surface area (Å²) in [5, 5.41) is 13.0. The number of thioether (sulfide) groups is 1. The number of aliphatic hydroxyl groups is 1. The van der Waals surface area contributed by atoms with E-state index in [0.717, 1.165) is 22.3 Å². The largest absolute Gasteiger partial charge is 0.509 e. The molecule has 1 fully saturated rings. The van der Waals surface area contributed by atoms with Crippen LogP contribution in [0.4, 0.5) is 0 Å². The standard InChI is InChI=1S/C42H34N2O7S/c45-33-26-52-40-35(39(47)44(40)36(33)42(49)51-38(29-19-9-3-10-20-29)30-21-11-4-12-22-30)43-34(46)25-31-23-13-14-24-32(31)41(48)50-37(27-15-5-1-6-16-27)28-17-7-2-8-18-28/h1-24,35,37-38,40,45H,25-26H2,(H,43,46)/t35?,40-/m1/s1. The molecule has 0 bridgehead atoms. The Morgan fingerprint density at radius 1 is 0.673 bits per heavy atom. The van der Waals surface area contributed by atoms with Gasteiger partial charge in [0.2, 0.25) is 5.91 Å². The lowest BCUT2D eigenvalue weighted by atomic mass is 10.00. The van der Waals surface area contributed by atoms with Crippen LogP contribution in [0.3, 0.4) is 0 Å². The number of fused-ring (bicyclic) bond motifs is 1. The van der Waals surface area contributed by atoms with E-state index in [1.807, 2.05) is 121 Å². The summed E-state index contributed by atoms with van der Waals surface area (Å²) in [7, 11) is 0. The van der Waals surface area contributed by atoms with Gasteiger partial charge in [0.15, 0.2) is 17.9 Å². The van der Waals surface area contributed by atoms with Crippen LogP contribution in [-0.2, 0) is 30.3 Å². The molecule has 1 saturated heterocycles. The monoisotopic (exact) mass is 710 g/mol. The van der Waals surface area contributed by atoms with Crippen LogP contribution in [-0.4, -0.2) is 50.9 Å². The summed E-state index contributed by atoms with van der Waals surface area (Å²) < 4.78 is 12.0. The molecule has 0 spiro atoms. The van der Waals surface area contributed by atoms with Crippen molar-refractivity contribution in [3.05, 3.63) is 190 Å². The molecule has 0 aliphatic carbocycles. The number of esters is 2. The summed E-state index contributed by atoms with van der Waals surface area (Å²) in [6.45, 7) is 0. The maximum absolute atomic E-state index is 13.7. The maximum Gasteiger partial charge on any atom is 0.359 e. The Hall–Kier alpha value is -6.13. The van der Waals surface area contributed by atoms with Crippen LogP contribution in [0.2, 0.25) is 0 Å². The number of ether oxygens (including phenoxy) is 2. The third kappa shape index (κ3) is 7.19. The minimum Gasteiger partial charge on any atom is -0.509 e. The van der Waals surface area contributed by atoms with E-state index < -0.39 is 47.4 Å². The van der Waals surface area contributed by atoms with Crippen molar-refractivity contribution in [3.63, 3.8) is 0 Å². The predicted octanol–water partition coefficient (Wildman–Crippen LogP) is 6.68. The number of carbonyl (C=O) groups is 4. The lowest BCUT2D eigenvalue weighted by molar-refractivity contribution is -0.155. The molecule has 0 saturated carbocycles. The van der Waals surface area contributed by atoms with Crippen LogP contribution in [0.25, 0.3) is 0 Å². The van der Waals surface area contributed by atoms with Gasteiger partial charge in [0.1, 0.15) is 17.2 Å². The number of carbonyl (C=O) groups excluding carboxylic acids is 4. The molecule has 2 amide bonds. The lowest BCUT2D eigenvalue weighted by Gasteiger charge is -2.48. The Morgan fingerprint density at radius 2 is 1.12 bits per heavy atom. The van der Waals surface area contributed by atoms with Crippen LogP contribution in [0.1, 0.15) is 50.4 Å². The van der Waals surface area contributed by atoms with E-state index in [1.54, 1.807) is 24.3 Å². The van der Waals surface area contributed by atoms with Gasteiger partial charge in [-0.2, -0.15) is 0 Å². The minimum atomic E-state index is -0.952. The zero-order valence-corrected chi connectivity index (χ0v) is 28.6. The number of nitrogens with one attached hydrogen (secondary N) is 1. The first-order valence-electron chi connectivity index (χ1n) is 16.7. The highest BCUT2D eigenvalue weighted by atomic mass is 32.2. The van der Waals surface area contributed by atoms with E-state index in [9.17, 15) is 24.3 Å². The van der Waals surface area contributed by atoms with E-state index in [0.29, 0.717) is 5.56 Å². The van der Waals surface area contributed by atoms with Gasteiger partial charge < -0.3 is 19.9 Å². The molecule has 10 heteroatoms. The second-order valence-corrected chi connectivity index (χ2v) is 13.4. The second kappa shape index (κ2) is 15.4. The van der Waals surface area contributed by atoms with Crippen LogP contribution >= 0.6 is 11.8 Å². The van der Waals surface area contributed by atoms with Gasteiger partial charge in [-0.15, -0.1) is 11.8 Å². The molecular formula is C42H34N2O7S. The molecule has 52 heavy (non-hydrogen) atoms. The first-order chi connectivity index (χ1) is 25.4. The molecule has 2 aliphatic rings. The number of β-lactam (4-membered cyclic amide) rings is 1. The summed E-state index contributed by atoms with van der Waals surface area (Å²) in [6.07, 6.45) is -1.64. The van der Waals surface area contributed by atoms with E-state index in [1.165, 1.54) is 16.7 Å². The average Bonchev–Trinajstić information content (AvgIpc) is 3.19. The molecule has 7 rings (SSSR count). The highest BCUT2D eigenvalue weighted by Crippen LogP contribution is 2.41. The Morgan fingerprint density at radius 3 is 1.62 bits per heavy atom. The number of amides is 2. The highest BCUT2D eigenvalue weighted by Gasteiger charge is 2.55. The average molecular weight is 711 g/mol. The quantitative estimate of drug-likeness (QED) is 0.115.